The molecule has 0 saturated carbocycles. The Morgan fingerprint density at radius 3 is 2.29 bits per heavy atom. The van der Waals surface area contributed by atoms with Crippen molar-refractivity contribution in [3.63, 3.8) is 0 Å². The van der Waals surface area contributed by atoms with Gasteiger partial charge in [0.1, 0.15) is 12.2 Å². The summed E-state index contributed by atoms with van der Waals surface area (Å²) in [7, 11) is 2.39. The summed E-state index contributed by atoms with van der Waals surface area (Å²) in [5.74, 6) is -0.589. The van der Waals surface area contributed by atoms with Gasteiger partial charge < -0.3 is 18.9 Å². The SMILES string of the molecule is C=CCc1cc(C=C(C(=O)OC)C(=O)OC)cc(OCC)c1OCc1ccccc1Cl. The van der Waals surface area contributed by atoms with Crippen molar-refractivity contribution < 1.29 is 28.5 Å². The first kappa shape index (κ1) is 24.0. The minimum atomic E-state index is -0.797. The van der Waals surface area contributed by atoms with Crippen LogP contribution in [0.3, 0.4) is 0 Å². The smallest absolute Gasteiger partial charge is 0.345 e. The van der Waals surface area contributed by atoms with Crippen molar-refractivity contribution in [2.45, 2.75) is 20.0 Å². The van der Waals surface area contributed by atoms with Crippen molar-refractivity contribution in [3.05, 3.63) is 76.3 Å². The molecule has 0 heterocycles. The van der Waals surface area contributed by atoms with Crippen LogP contribution in [-0.2, 0) is 32.1 Å². The molecule has 0 fully saturated rings. The monoisotopic (exact) mass is 444 g/mol. The molecule has 2 rings (SSSR count). The normalized spacial score (nSPS) is 10.1. The van der Waals surface area contributed by atoms with Crippen LogP contribution in [0.15, 0.2) is 54.6 Å². The number of benzene rings is 2. The number of methoxy groups -OCH3 is 2. The summed E-state index contributed by atoms with van der Waals surface area (Å²) in [6, 6.07) is 10.9. The molecule has 0 aliphatic carbocycles. The molecule has 0 aliphatic heterocycles. The molecule has 0 N–H and O–H groups in total. The number of carbonyl (C=O) groups is 2. The average Bonchev–Trinajstić information content (AvgIpc) is 2.77. The zero-order chi connectivity index (χ0) is 22.8. The van der Waals surface area contributed by atoms with Gasteiger partial charge in [0.2, 0.25) is 0 Å². The lowest BCUT2D eigenvalue weighted by molar-refractivity contribution is -0.143. The molecule has 0 spiro atoms. The van der Waals surface area contributed by atoms with Crippen LogP contribution in [0, 0.1) is 0 Å². The van der Waals surface area contributed by atoms with Crippen molar-refractivity contribution in [3.8, 4) is 11.5 Å². The highest BCUT2D eigenvalue weighted by atomic mass is 35.5. The maximum absolute atomic E-state index is 12.0. The first-order chi connectivity index (χ1) is 14.9. The third-order valence-electron chi connectivity index (χ3n) is 4.27. The summed E-state index contributed by atoms with van der Waals surface area (Å²) in [6.07, 6.45) is 3.60. The largest absolute Gasteiger partial charge is 0.490 e. The van der Waals surface area contributed by atoms with Crippen LogP contribution in [-0.4, -0.2) is 32.8 Å². The Bertz CT molecular complexity index is 962. The Balaban J connectivity index is 2.52. The fourth-order valence-electron chi connectivity index (χ4n) is 2.85. The Labute approximate surface area is 187 Å². The van der Waals surface area contributed by atoms with Crippen molar-refractivity contribution in [1.82, 2.24) is 0 Å². The molecule has 2 aromatic rings. The highest BCUT2D eigenvalue weighted by Gasteiger charge is 2.21. The van der Waals surface area contributed by atoms with E-state index < -0.39 is 11.9 Å². The predicted molar refractivity (Wildman–Crippen MR) is 119 cm³/mol. The first-order valence-electron chi connectivity index (χ1n) is 9.60. The zero-order valence-electron chi connectivity index (χ0n) is 17.8. The van der Waals surface area contributed by atoms with Crippen LogP contribution < -0.4 is 9.47 Å². The third-order valence-corrected chi connectivity index (χ3v) is 4.64. The lowest BCUT2D eigenvalue weighted by atomic mass is 10.0. The molecular formula is C24H25ClO6. The number of hydrogen-bond donors (Lipinski definition) is 0. The van der Waals surface area contributed by atoms with Gasteiger partial charge in [0, 0.05) is 16.1 Å². The van der Waals surface area contributed by atoms with Crippen LogP contribution >= 0.6 is 11.6 Å². The van der Waals surface area contributed by atoms with Crippen molar-refractivity contribution in [1.29, 1.82) is 0 Å². The molecule has 0 amide bonds. The number of rotatable bonds is 10. The summed E-state index contributed by atoms with van der Waals surface area (Å²) >= 11 is 6.24. The van der Waals surface area contributed by atoms with E-state index in [0.717, 1.165) is 11.1 Å². The fourth-order valence-corrected chi connectivity index (χ4v) is 3.04. The Kier molecular flexibility index (Phi) is 9.15. The van der Waals surface area contributed by atoms with Crippen LogP contribution in [0.5, 0.6) is 11.5 Å². The van der Waals surface area contributed by atoms with E-state index in [-0.39, 0.29) is 12.2 Å². The third kappa shape index (κ3) is 6.36. The van der Waals surface area contributed by atoms with E-state index in [4.69, 9.17) is 30.5 Å². The number of hydrogen-bond acceptors (Lipinski definition) is 6. The molecule has 0 bridgehead atoms. The minimum Gasteiger partial charge on any atom is -0.490 e. The molecule has 0 saturated heterocycles. The number of halogens is 1. The molecule has 7 heteroatoms. The Morgan fingerprint density at radius 1 is 1.03 bits per heavy atom. The number of ether oxygens (including phenoxy) is 4. The topological polar surface area (TPSA) is 71.1 Å². The maximum Gasteiger partial charge on any atom is 0.345 e. The summed E-state index contributed by atoms with van der Waals surface area (Å²) in [5, 5.41) is 0.603. The molecule has 0 radical (unpaired) electrons. The van der Waals surface area contributed by atoms with E-state index in [1.165, 1.54) is 20.3 Å². The number of carbonyl (C=O) groups excluding carboxylic acids is 2. The van der Waals surface area contributed by atoms with Gasteiger partial charge in [0.05, 0.1) is 20.8 Å². The van der Waals surface area contributed by atoms with Gasteiger partial charge in [-0.25, -0.2) is 9.59 Å². The van der Waals surface area contributed by atoms with E-state index in [0.29, 0.717) is 35.1 Å². The van der Waals surface area contributed by atoms with Crippen molar-refractivity contribution in [2.75, 3.05) is 20.8 Å². The molecule has 31 heavy (non-hydrogen) atoms. The van der Waals surface area contributed by atoms with E-state index in [1.54, 1.807) is 24.3 Å². The second-order valence-electron chi connectivity index (χ2n) is 6.35. The van der Waals surface area contributed by atoms with Gasteiger partial charge >= 0.3 is 11.9 Å². The molecule has 0 unspecified atom stereocenters. The molecule has 0 aromatic heterocycles. The van der Waals surface area contributed by atoms with Gasteiger partial charge in [-0.3, -0.25) is 0 Å². The summed E-state index contributed by atoms with van der Waals surface area (Å²) < 4.78 is 21.2. The second-order valence-corrected chi connectivity index (χ2v) is 6.76. The van der Waals surface area contributed by atoms with Crippen LogP contribution in [0.1, 0.15) is 23.6 Å². The zero-order valence-corrected chi connectivity index (χ0v) is 18.5. The van der Waals surface area contributed by atoms with Gasteiger partial charge in [-0.1, -0.05) is 35.9 Å². The molecule has 2 aromatic carbocycles. The molecular weight excluding hydrogens is 420 g/mol. The minimum absolute atomic E-state index is 0.235. The lowest BCUT2D eigenvalue weighted by Crippen LogP contribution is -2.15. The van der Waals surface area contributed by atoms with E-state index >= 15 is 0 Å². The highest BCUT2D eigenvalue weighted by molar-refractivity contribution is 6.31. The van der Waals surface area contributed by atoms with Crippen molar-refractivity contribution >= 4 is 29.6 Å². The lowest BCUT2D eigenvalue weighted by Gasteiger charge is -2.17. The first-order valence-corrected chi connectivity index (χ1v) is 9.98. The Hall–Kier alpha value is -3.25. The number of allylic oxidation sites excluding steroid dienone is 1. The van der Waals surface area contributed by atoms with Gasteiger partial charge in [0.25, 0.3) is 0 Å². The van der Waals surface area contributed by atoms with Gasteiger partial charge in [-0.15, -0.1) is 6.58 Å². The predicted octanol–water partition coefficient (Wildman–Crippen LogP) is 4.78. The number of esters is 2. The molecule has 6 nitrogen and oxygen atoms in total. The van der Waals surface area contributed by atoms with Crippen LogP contribution in [0.25, 0.3) is 6.08 Å². The summed E-state index contributed by atoms with van der Waals surface area (Å²) in [5.41, 5.74) is 1.92. The van der Waals surface area contributed by atoms with E-state index in [2.05, 4.69) is 6.58 Å². The molecule has 0 atom stereocenters. The maximum atomic E-state index is 12.0. The van der Waals surface area contributed by atoms with Gasteiger partial charge in [-0.2, -0.15) is 0 Å². The van der Waals surface area contributed by atoms with E-state index in [9.17, 15) is 9.59 Å². The Morgan fingerprint density at radius 2 is 1.71 bits per heavy atom. The summed E-state index contributed by atoms with van der Waals surface area (Å²) in [6.45, 7) is 6.28. The quantitative estimate of drug-likeness (QED) is 0.173. The van der Waals surface area contributed by atoms with Crippen LogP contribution in [0.2, 0.25) is 5.02 Å². The highest BCUT2D eigenvalue weighted by Crippen LogP contribution is 2.36. The van der Waals surface area contributed by atoms with Crippen molar-refractivity contribution in [2.24, 2.45) is 0 Å². The van der Waals surface area contributed by atoms with Gasteiger partial charge in [-0.05, 0) is 43.2 Å². The van der Waals surface area contributed by atoms with Gasteiger partial charge in [0.15, 0.2) is 11.5 Å². The molecule has 164 valence electrons. The van der Waals surface area contributed by atoms with Crippen LogP contribution in [0.4, 0.5) is 0 Å². The second kappa shape index (κ2) is 11.8. The molecule has 0 aliphatic rings. The standard InChI is InChI=1S/C24H25ClO6/c1-5-9-17-12-16(13-19(23(26)28-3)24(27)29-4)14-21(30-6-2)22(17)31-15-18-10-7-8-11-20(18)25/h5,7-8,10-14H,1,6,9,15H2,2-4H3. The van der Waals surface area contributed by atoms with E-state index in [1.807, 2.05) is 25.1 Å². The summed E-state index contributed by atoms with van der Waals surface area (Å²) in [4.78, 5) is 24.0. The average molecular weight is 445 g/mol. The fraction of sp³-hybridized carbons (Fsp3) is 0.250.